The summed E-state index contributed by atoms with van der Waals surface area (Å²) in [6, 6.07) is 8.49. The van der Waals surface area contributed by atoms with Crippen LogP contribution in [0, 0.1) is 80.8 Å². The van der Waals surface area contributed by atoms with Gasteiger partial charge in [-0.2, -0.15) is 21.0 Å². The number of fused-ring (bicyclic) bond motifs is 2. The summed E-state index contributed by atoms with van der Waals surface area (Å²) in [6.07, 6.45) is 0.687. The standard InChI is InChI=1S/C11H8N4/c12-2-8-6-1-7(9(8)3-13)11(5-15)10(6)4-14/h6-11H,1H2. The van der Waals surface area contributed by atoms with Gasteiger partial charge in [-0.3, -0.25) is 0 Å². The molecule has 4 atom stereocenters. The molecule has 2 aliphatic rings. The Bertz CT molecular complexity index is 359. The smallest absolute Gasteiger partial charge is 0.0673 e. The van der Waals surface area contributed by atoms with Gasteiger partial charge in [0.25, 0.3) is 0 Å². The van der Waals surface area contributed by atoms with E-state index in [0.717, 1.165) is 0 Å². The van der Waals surface area contributed by atoms with Crippen LogP contribution in [0.5, 0.6) is 0 Å². The van der Waals surface area contributed by atoms with Crippen molar-refractivity contribution in [2.45, 2.75) is 6.42 Å². The molecule has 4 heteroatoms. The summed E-state index contributed by atoms with van der Waals surface area (Å²) >= 11 is 0. The van der Waals surface area contributed by atoms with E-state index >= 15 is 0 Å². The molecule has 15 heavy (non-hydrogen) atoms. The van der Waals surface area contributed by atoms with Crippen molar-refractivity contribution < 1.29 is 0 Å². The maximum Gasteiger partial charge on any atom is 0.0673 e. The fourth-order valence-electron chi connectivity index (χ4n) is 3.12. The predicted octanol–water partition coefficient (Wildman–Crippen LogP) is 1.20. The topological polar surface area (TPSA) is 95.2 Å². The van der Waals surface area contributed by atoms with E-state index in [1.54, 1.807) is 0 Å². The Morgan fingerprint density at radius 3 is 1.07 bits per heavy atom. The fraction of sp³-hybridized carbons (Fsp3) is 0.636. The van der Waals surface area contributed by atoms with E-state index in [1.807, 2.05) is 0 Å². The van der Waals surface area contributed by atoms with Gasteiger partial charge in [-0.25, -0.2) is 0 Å². The lowest BCUT2D eigenvalue weighted by Crippen LogP contribution is -2.32. The van der Waals surface area contributed by atoms with Crippen molar-refractivity contribution in [1.82, 2.24) is 0 Å². The third-order valence-electron chi connectivity index (χ3n) is 3.76. The molecule has 4 unspecified atom stereocenters. The predicted molar refractivity (Wildman–Crippen MR) is 48.0 cm³/mol. The Kier molecular flexibility index (Phi) is 2.07. The molecule has 4 nitrogen and oxygen atoms in total. The Morgan fingerprint density at radius 2 is 0.867 bits per heavy atom. The summed E-state index contributed by atoms with van der Waals surface area (Å²) in [6.45, 7) is 0. The first-order valence-corrected chi connectivity index (χ1v) is 4.87. The third kappa shape index (κ3) is 1.03. The molecule has 0 spiro atoms. The second kappa shape index (κ2) is 3.27. The lowest BCUT2D eigenvalue weighted by Gasteiger charge is -2.27. The van der Waals surface area contributed by atoms with Crippen molar-refractivity contribution >= 4 is 0 Å². The molecule has 0 saturated heterocycles. The van der Waals surface area contributed by atoms with Crippen molar-refractivity contribution in [2.24, 2.45) is 35.5 Å². The van der Waals surface area contributed by atoms with Crippen LogP contribution in [0.1, 0.15) is 6.42 Å². The average molecular weight is 196 g/mol. The van der Waals surface area contributed by atoms with E-state index < -0.39 is 0 Å². The molecular formula is C11H8N4. The SMILES string of the molecule is N#CC1C(C#N)C2CC1C(C#N)C2C#N. The Labute approximate surface area is 87.9 Å². The fourth-order valence-corrected chi connectivity index (χ4v) is 3.12. The molecule has 0 aromatic heterocycles. The molecule has 0 aromatic carbocycles. The van der Waals surface area contributed by atoms with Crippen LogP contribution in [0.2, 0.25) is 0 Å². The zero-order valence-corrected chi connectivity index (χ0v) is 7.96. The highest BCUT2D eigenvalue weighted by molar-refractivity contribution is 5.23. The zero-order valence-electron chi connectivity index (χ0n) is 7.96. The van der Waals surface area contributed by atoms with Crippen LogP contribution < -0.4 is 0 Å². The molecule has 2 bridgehead atoms. The summed E-state index contributed by atoms with van der Waals surface area (Å²) in [4.78, 5) is 0. The Hall–Kier alpha value is -2.04. The molecule has 0 N–H and O–H groups in total. The normalized spacial score (nSPS) is 46.1. The van der Waals surface area contributed by atoms with Gasteiger partial charge in [-0.15, -0.1) is 0 Å². The largest absolute Gasteiger partial charge is 0.198 e. The number of nitriles is 4. The Balaban J connectivity index is 2.38. The first-order chi connectivity index (χ1) is 7.28. The zero-order chi connectivity index (χ0) is 11.0. The van der Waals surface area contributed by atoms with Gasteiger partial charge < -0.3 is 0 Å². The van der Waals surface area contributed by atoms with Crippen molar-refractivity contribution in [1.29, 1.82) is 21.0 Å². The maximum atomic E-state index is 8.97. The van der Waals surface area contributed by atoms with Crippen LogP contribution in [0.4, 0.5) is 0 Å². The van der Waals surface area contributed by atoms with E-state index in [9.17, 15) is 0 Å². The lowest BCUT2D eigenvalue weighted by molar-refractivity contribution is 0.234. The molecule has 0 heterocycles. The molecule has 2 saturated carbocycles. The highest BCUT2D eigenvalue weighted by Gasteiger charge is 2.59. The van der Waals surface area contributed by atoms with E-state index in [1.165, 1.54) is 0 Å². The van der Waals surface area contributed by atoms with Gasteiger partial charge in [0, 0.05) is 0 Å². The van der Waals surface area contributed by atoms with E-state index in [0.29, 0.717) is 6.42 Å². The summed E-state index contributed by atoms with van der Waals surface area (Å²) in [7, 11) is 0. The van der Waals surface area contributed by atoms with E-state index in [4.69, 9.17) is 21.0 Å². The molecule has 2 rings (SSSR count). The minimum Gasteiger partial charge on any atom is -0.198 e. The van der Waals surface area contributed by atoms with Crippen LogP contribution in [-0.4, -0.2) is 0 Å². The van der Waals surface area contributed by atoms with Crippen molar-refractivity contribution in [3.8, 4) is 24.3 Å². The monoisotopic (exact) mass is 196 g/mol. The number of hydrogen-bond acceptors (Lipinski definition) is 4. The van der Waals surface area contributed by atoms with Crippen LogP contribution in [0.3, 0.4) is 0 Å². The number of rotatable bonds is 0. The lowest BCUT2D eigenvalue weighted by atomic mass is 9.70. The molecule has 2 aliphatic carbocycles. The minimum atomic E-state index is -0.353. The summed E-state index contributed by atoms with van der Waals surface area (Å²) in [5, 5.41) is 35.9. The summed E-state index contributed by atoms with van der Waals surface area (Å²) < 4.78 is 0. The van der Waals surface area contributed by atoms with Gasteiger partial charge in [0.05, 0.1) is 47.9 Å². The van der Waals surface area contributed by atoms with Crippen LogP contribution in [0.15, 0.2) is 0 Å². The Morgan fingerprint density at radius 1 is 0.600 bits per heavy atom. The van der Waals surface area contributed by atoms with Gasteiger partial charge in [-0.1, -0.05) is 0 Å². The second-order valence-electron chi connectivity index (χ2n) is 4.18. The highest BCUT2D eigenvalue weighted by Crippen LogP contribution is 2.57. The molecule has 0 aromatic rings. The molecule has 0 amide bonds. The highest BCUT2D eigenvalue weighted by atomic mass is 14.6. The maximum absolute atomic E-state index is 8.97. The molecule has 0 aliphatic heterocycles. The van der Waals surface area contributed by atoms with E-state index in [-0.39, 0.29) is 35.5 Å². The quantitative estimate of drug-likeness (QED) is 0.581. The molecular weight excluding hydrogens is 188 g/mol. The van der Waals surface area contributed by atoms with Crippen LogP contribution >= 0.6 is 0 Å². The van der Waals surface area contributed by atoms with Crippen molar-refractivity contribution in [3.05, 3.63) is 0 Å². The van der Waals surface area contributed by atoms with Gasteiger partial charge in [0.15, 0.2) is 0 Å². The van der Waals surface area contributed by atoms with E-state index in [2.05, 4.69) is 24.3 Å². The number of hydrogen-bond donors (Lipinski definition) is 0. The first kappa shape index (κ1) is 9.51. The summed E-state index contributed by atoms with van der Waals surface area (Å²) in [5.74, 6) is -1.55. The minimum absolute atomic E-state index is 0.0701. The van der Waals surface area contributed by atoms with Gasteiger partial charge in [0.1, 0.15) is 0 Å². The summed E-state index contributed by atoms with van der Waals surface area (Å²) in [5.41, 5.74) is 0. The van der Waals surface area contributed by atoms with Crippen LogP contribution in [0.25, 0.3) is 0 Å². The van der Waals surface area contributed by atoms with Crippen molar-refractivity contribution in [2.75, 3.05) is 0 Å². The number of nitrogens with zero attached hydrogens (tertiary/aromatic N) is 4. The molecule has 0 radical (unpaired) electrons. The average Bonchev–Trinajstić information content (AvgIpc) is 2.80. The molecule has 72 valence electrons. The van der Waals surface area contributed by atoms with Crippen LogP contribution in [-0.2, 0) is 0 Å². The van der Waals surface area contributed by atoms with Gasteiger partial charge in [-0.05, 0) is 18.3 Å². The third-order valence-corrected chi connectivity index (χ3v) is 3.76. The van der Waals surface area contributed by atoms with Gasteiger partial charge >= 0.3 is 0 Å². The first-order valence-electron chi connectivity index (χ1n) is 4.87. The van der Waals surface area contributed by atoms with Crippen molar-refractivity contribution in [3.63, 3.8) is 0 Å². The van der Waals surface area contributed by atoms with Gasteiger partial charge in [0.2, 0.25) is 0 Å². The molecule has 2 fully saturated rings. The second-order valence-corrected chi connectivity index (χ2v) is 4.18.